The molecule has 0 N–H and O–H groups in total. The van der Waals surface area contributed by atoms with Crippen molar-refractivity contribution in [3.8, 4) is 5.75 Å². The van der Waals surface area contributed by atoms with E-state index in [0.29, 0.717) is 24.8 Å². The van der Waals surface area contributed by atoms with Crippen LogP contribution in [-0.4, -0.2) is 32.9 Å². The zero-order chi connectivity index (χ0) is 17.7. The Balaban J connectivity index is 1.47. The average Bonchev–Trinajstić information content (AvgIpc) is 2.53. The van der Waals surface area contributed by atoms with Crippen LogP contribution in [0, 0.1) is 12.3 Å². The van der Waals surface area contributed by atoms with Crippen molar-refractivity contribution in [2.45, 2.75) is 30.6 Å². The summed E-state index contributed by atoms with van der Waals surface area (Å²) in [6, 6.07) is 15.8. The van der Waals surface area contributed by atoms with Gasteiger partial charge in [0.05, 0.1) is 7.11 Å². The van der Waals surface area contributed by atoms with Gasteiger partial charge in [0.1, 0.15) is 10.6 Å². The molecule has 0 amide bonds. The Bertz CT molecular complexity index is 878. The van der Waals surface area contributed by atoms with Crippen molar-refractivity contribution in [3.63, 3.8) is 0 Å². The minimum absolute atomic E-state index is 0.171. The Hall–Kier alpha value is -1.85. The third-order valence-electron chi connectivity index (χ3n) is 5.59. The highest BCUT2D eigenvalue weighted by Crippen LogP contribution is 2.57. The number of hydrogen-bond acceptors (Lipinski definition) is 3. The smallest absolute Gasteiger partial charge is 0.246 e. The van der Waals surface area contributed by atoms with E-state index in [1.807, 2.05) is 19.1 Å². The maximum atomic E-state index is 13.0. The van der Waals surface area contributed by atoms with Crippen molar-refractivity contribution in [2.24, 2.45) is 5.41 Å². The molecule has 1 saturated heterocycles. The zero-order valence-corrected chi connectivity index (χ0v) is 15.4. The van der Waals surface area contributed by atoms with E-state index >= 15 is 0 Å². The number of aryl methyl sites for hydroxylation is 1. The second kappa shape index (κ2) is 5.85. The van der Waals surface area contributed by atoms with Gasteiger partial charge in [0, 0.05) is 13.1 Å². The molecule has 4 rings (SSSR count). The quantitative estimate of drug-likeness (QED) is 0.840. The van der Waals surface area contributed by atoms with Crippen molar-refractivity contribution < 1.29 is 13.2 Å². The molecule has 4 nitrogen and oxygen atoms in total. The molecule has 2 fully saturated rings. The van der Waals surface area contributed by atoms with Gasteiger partial charge in [-0.05, 0) is 54.4 Å². The summed E-state index contributed by atoms with van der Waals surface area (Å²) < 4.78 is 32.8. The fraction of sp³-hybridized carbons (Fsp3) is 0.400. The van der Waals surface area contributed by atoms with Crippen LogP contribution in [0.3, 0.4) is 0 Å². The molecule has 0 bridgehead atoms. The Morgan fingerprint density at radius 2 is 1.76 bits per heavy atom. The molecule has 0 radical (unpaired) electrons. The fourth-order valence-corrected chi connectivity index (χ4v) is 6.11. The average molecular weight is 357 g/mol. The summed E-state index contributed by atoms with van der Waals surface area (Å²) in [7, 11) is -1.98. The van der Waals surface area contributed by atoms with Crippen LogP contribution in [0.2, 0.25) is 0 Å². The van der Waals surface area contributed by atoms with Gasteiger partial charge in [-0.2, -0.15) is 4.31 Å². The van der Waals surface area contributed by atoms with Crippen LogP contribution >= 0.6 is 0 Å². The molecule has 2 aromatic carbocycles. The second-order valence-electron chi connectivity index (χ2n) is 7.44. The third-order valence-corrected chi connectivity index (χ3v) is 7.40. The number of ether oxygens (including phenoxy) is 1. The molecule has 25 heavy (non-hydrogen) atoms. The van der Waals surface area contributed by atoms with Crippen LogP contribution in [-0.2, 0) is 10.0 Å². The molecule has 2 aliphatic rings. The molecule has 1 spiro atoms. The maximum Gasteiger partial charge on any atom is 0.246 e. The maximum absolute atomic E-state index is 13.0. The largest absolute Gasteiger partial charge is 0.495 e. The molecular formula is C20H23NO3S. The van der Waals surface area contributed by atoms with E-state index < -0.39 is 10.0 Å². The number of rotatable bonds is 4. The van der Waals surface area contributed by atoms with Gasteiger partial charge < -0.3 is 4.74 Å². The van der Waals surface area contributed by atoms with Crippen LogP contribution in [0.1, 0.15) is 29.9 Å². The van der Waals surface area contributed by atoms with Crippen molar-refractivity contribution in [1.82, 2.24) is 4.31 Å². The first-order chi connectivity index (χ1) is 11.9. The first-order valence-corrected chi connectivity index (χ1v) is 10.1. The van der Waals surface area contributed by atoms with Gasteiger partial charge in [-0.3, -0.25) is 0 Å². The highest BCUT2D eigenvalue weighted by atomic mass is 32.2. The summed E-state index contributed by atoms with van der Waals surface area (Å²) >= 11 is 0. The number of sulfonamides is 1. The lowest BCUT2D eigenvalue weighted by molar-refractivity contribution is -0.0256. The molecule has 1 aliphatic carbocycles. The Kier molecular flexibility index (Phi) is 3.89. The van der Waals surface area contributed by atoms with Gasteiger partial charge in [0.25, 0.3) is 0 Å². The van der Waals surface area contributed by atoms with Crippen LogP contribution in [0.15, 0.2) is 53.4 Å². The van der Waals surface area contributed by atoms with Crippen LogP contribution in [0.5, 0.6) is 5.75 Å². The van der Waals surface area contributed by atoms with Crippen molar-refractivity contribution >= 4 is 10.0 Å². The first-order valence-electron chi connectivity index (χ1n) is 8.63. The minimum atomic E-state index is -3.49. The van der Waals surface area contributed by atoms with Gasteiger partial charge in [-0.1, -0.05) is 36.4 Å². The summed E-state index contributed by atoms with van der Waals surface area (Å²) in [6.07, 6.45) is 2.15. The number of methoxy groups -OCH3 is 1. The molecule has 5 heteroatoms. The summed E-state index contributed by atoms with van der Waals surface area (Å²) in [5.74, 6) is 0.988. The van der Waals surface area contributed by atoms with Crippen LogP contribution < -0.4 is 4.74 Å². The second-order valence-corrected chi connectivity index (χ2v) is 9.35. The number of benzene rings is 2. The molecule has 2 aromatic rings. The predicted octanol–water partition coefficient (Wildman–Crippen LogP) is 3.57. The molecule has 1 aliphatic heterocycles. The Morgan fingerprint density at radius 3 is 2.40 bits per heavy atom. The molecule has 1 saturated carbocycles. The molecule has 0 atom stereocenters. The molecule has 132 valence electrons. The molecule has 0 aromatic heterocycles. The van der Waals surface area contributed by atoms with Gasteiger partial charge >= 0.3 is 0 Å². The zero-order valence-electron chi connectivity index (χ0n) is 14.6. The van der Waals surface area contributed by atoms with E-state index in [9.17, 15) is 8.42 Å². The summed E-state index contributed by atoms with van der Waals surface area (Å²) in [4.78, 5) is 0.281. The third kappa shape index (κ3) is 2.75. The van der Waals surface area contributed by atoms with E-state index in [1.165, 1.54) is 12.7 Å². The van der Waals surface area contributed by atoms with Gasteiger partial charge in [-0.25, -0.2) is 8.42 Å². The van der Waals surface area contributed by atoms with Crippen molar-refractivity contribution in [1.29, 1.82) is 0 Å². The lowest BCUT2D eigenvalue weighted by Crippen LogP contribution is -2.63. The summed E-state index contributed by atoms with van der Waals surface area (Å²) in [6.45, 7) is 3.14. The highest BCUT2D eigenvalue weighted by Gasteiger charge is 2.55. The Morgan fingerprint density at radius 1 is 1.08 bits per heavy atom. The van der Waals surface area contributed by atoms with E-state index in [0.717, 1.165) is 18.4 Å². The highest BCUT2D eigenvalue weighted by molar-refractivity contribution is 7.89. The lowest BCUT2D eigenvalue weighted by atomic mass is 9.57. The fourth-order valence-electron chi connectivity index (χ4n) is 4.20. The normalized spacial score (nSPS) is 20.1. The first kappa shape index (κ1) is 16.6. The van der Waals surface area contributed by atoms with Crippen LogP contribution in [0.4, 0.5) is 0 Å². The van der Waals surface area contributed by atoms with E-state index in [4.69, 9.17) is 4.74 Å². The summed E-state index contributed by atoms with van der Waals surface area (Å²) in [5.41, 5.74) is 2.46. The van der Waals surface area contributed by atoms with Gasteiger partial charge in [0.15, 0.2) is 0 Å². The van der Waals surface area contributed by atoms with Gasteiger partial charge in [-0.15, -0.1) is 0 Å². The lowest BCUT2D eigenvalue weighted by Gasteiger charge is -2.58. The van der Waals surface area contributed by atoms with E-state index in [2.05, 4.69) is 24.3 Å². The van der Waals surface area contributed by atoms with E-state index in [1.54, 1.807) is 16.4 Å². The van der Waals surface area contributed by atoms with Crippen LogP contribution in [0.25, 0.3) is 0 Å². The topological polar surface area (TPSA) is 46.6 Å². The summed E-state index contributed by atoms with van der Waals surface area (Å²) in [5, 5.41) is 0. The number of nitrogens with zero attached hydrogens (tertiary/aromatic N) is 1. The number of hydrogen-bond donors (Lipinski definition) is 0. The van der Waals surface area contributed by atoms with Crippen molar-refractivity contribution in [3.05, 3.63) is 59.7 Å². The molecule has 0 unspecified atom stereocenters. The Labute approximate surface area is 149 Å². The standard InChI is InChI=1S/C20H23NO3S/c1-15-8-9-18(24-2)19(10-15)25(22,23)21-13-20(14-21)11-17(12-20)16-6-4-3-5-7-16/h3-10,17H,11-14H2,1-2H3. The predicted molar refractivity (Wildman–Crippen MR) is 97.3 cm³/mol. The minimum Gasteiger partial charge on any atom is -0.495 e. The SMILES string of the molecule is COc1ccc(C)cc1S(=O)(=O)N1CC2(CC(c3ccccc3)C2)C1. The molecule has 1 heterocycles. The molecular weight excluding hydrogens is 334 g/mol. The van der Waals surface area contributed by atoms with Gasteiger partial charge in [0.2, 0.25) is 10.0 Å². The van der Waals surface area contributed by atoms with Crippen molar-refractivity contribution in [2.75, 3.05) is 20.2 Å². The monoisotopic (exact) mass is 357 g/mol. The van der Waals surface area contributed by atoms with E-state index in [-0.39, 0.29) is 10.3 Å².